The molecule has 8 nitrogen and oxygen atoms in total. The van der Waals surface area contributed by atoms with Gasteiger partial charge in [-0.3, -0.25) is 14.5 Å². The van der Waals surface area contributed by atoms with Crippen molar-refractivity contribution < 1.29 is 28.9 Å². The number of aliphatic hydroxyl groups excluding tert-OH is 1. The van der Waals surface area contributed by atoms with Gasteiger partial charge in [-0.15, -0.1) is 0 Å². The highest BCUT2D eigenvalue weighted by molar-refractivity contribution is 6.46. The van der Waals surface area contributed by atoms with Crippen molar-refractivity contribution >= 4 is 17.4 Å². The molecule has 8 heteroatoms. The van der Waals surface area contributed by atoms with E-state index in [2.05, 4.69) is 18.4 Å². The SMILES string of the molecule is C=CCOc1ccc(C2/C(=C(\O)c3ccc(OCCCC)c(C)c3)C(=O)C(=O)N2CCN2CCOCC2)cc1. The van der Waals surface area contributed by atoms with E-state index in [1.165, 1.54) is 0 Å². The number of unbranched alkanes of at least 4 members (excludes halogenated alkanes) is 1. The van der Waals surface area contributed by atoms with Gasteiger partial charge in [0.2, 0.25) is 0 Å². The number of aliphatic hydroxyl groups is 1. The van der Waals surface area contributed by atoms with Gasteiger partial charge >= 0.3 is 0 Å². The van der Waals surface area contributed by atoms with Crippen molar-refractivity contribution in [2.45, 2.75) is 32.7 Å². The average Bonchev–Trinajstić information content (AvgIpc) is 3.21. The number of morpholine rings is 1. The monoisotopic (exact) mass is 534 g/mol. The molecule has 0 aliphatic carbocycles. The third kappa shape index (κ3) is 6.69. The van der Waals surface area contributed by atoms with Gasteiger partial charge in [0.25, 0.3) is 11.7 Å². The number of hydrogen-bond acceptors (Lipinski definition) is 7. The average molecular weight is 535 g/mol. The van der Waals surface area contributed by atoms with E-state index >= 15 is 0 Å². The molecule has 1 N–H and O–H groups in total. The fourth-order valence-electron chi connectivity index (χ4n) is 4.87. The Morgan fingerprint density at radius 1 is 1.10 bits per heavy atom. The molecular formula is C31H38N2O6. The topological polar surface area (TPSA) is 88.5 Å². The molecule has 1 amide bonds. The Balaban J connectivity index is 1.68. The van der Waals surface area contributed by atoms with Crippen molar-refractivity contribution in [3.8, 4) is 11.5 Å². The summed E-state index contributed by atoms with van der Waals surface area (Å²) in [5.41, 5.74) is 2.12. The molecule has 1 unspecified atom stereocenters. The summed E-state index contributed by atoms with van der Waals surface area (Å²) in [7, 11) is 0. The maximum absolute atomic E-state index is 13.4. The highest BCUT2D eigenvalue weighted by Gasteiger charge is 2.46. The minimum absolute atomic E-state index is 0.0841. The van der Waals surface area contributed by atoms with E-state index < -0.39 is 17.7 Å². The number of nitrogens with zero attached hydrogens (tertiary/aromatic N) is 2. The summed E-state index contributed by atoms with van der Waals surface area (Å²) in [5, 5.41) is 11.5. The molecule has 1 atom stereocenters. The lowest BCUT2D eigenvalue weighted by Gasteiger charge is -2.31. The second kappa shape index (κ2) is 13.4. The van der Waals surface area contributed by atoms with Crippen LogP contribution in [0.5, 0.6) is 11.5 Å². The molecule has 0 bridgehead atoms. The highest BCUT2D eigenvalue weighted by atomic mass is 16.5. The Bertz CT molecular complexity index is 1200. The Morgan fingerprint density at radius 3 is 2.51 bits per heavy atom. The number of ether oxygens (including phenoxy) is 3. The van der Waals surface area contributed by atoms with Crippen LogP contribution in [0.15, 0.2) is 60.7 Å². The molecule has 2 heterocycles. The number of ketones is 1. The number of hydrogen-bond donors (Lipinski definition) is 1. The first-order valence-corrected chi connectivity index (χ1v) is 13.6. The van der Waals surface area contributed by atoms with E-state index in [1.807, 2.05) is 19.1 Å². The Labute approximate surface area is 230 Å². The summed E-state index contributed by atoms with van der Waals surface area (Å²) in [6, 6.07) is 11.9. The smallest absolute Gasteiger partial charge is 0.295 e. The number of amides is 1. The molecule has 39 heavy (non-hydrogen) atoms. The molecule has 2 aromatic carbocycles. The van der Waals surface area contributed by atoms with E-state index in [9.17, 15) is 14.7 Å². The molecule has 0 saturated carbocycles. The van der Waals surface area contributed by atoms with E-state index in [4.69, 9.17) is 14.2 Å². The lowest BCUT2D eigenvalue weighted by molar-refractivity contribution is -0.140. The first-order valence-electron chi connectivity index (χ1n) is 13.6. The predicted octanol–water partition coefficient (Wildman–Crippen LogP) is 4.49. The molecule has 2 saturated heterocycles. The second-order valence-electron chi connectivity index (χ2n) is 9.80. The Hall–Kier alpha value is -3.62. The van der Waals surface area contributed by atoms with Crippen LogP contribution in [0, 0.1) is 6.92 Å². The zero-order valence-electron chi connectivity index (χ0n) is 22.9. The minimum Gasteiger partial charge on any atom is -0.507 e. The summed E-state index contributed by atoms with van der Waals surface area (Å²) >= 11 is 0. The summed E-state index contributed by atoms with van der Waals surface area (Å²) < 4.78 is 16.9. The van der Waals surface area contributed by atoms with Crippen LogP contribution in [0.4, 0.5) is 0 Å². The van der Waals surface area contributed by atoms with Crippen LogP contribution in [0.2, 0.25) is 0 Å². The molecule has 208 valence electrons. The van der Waals surface area contributed by atoms with Crippen molar-refractivity contribution in [1.29, 1.82) is 0 Å². The lowest BCUT2D eigenvalue weighted by Crippen LogP contribution is -2.42. The molecule has 4 rings (SSSR count). The van der Waals surface area contributed by atoms with Crippen LogP contribution in [-0.2, 0) is 14.3 Å². The Morgan fingerprint density at radius 2 is 1.85 bits per heavy atom. The van der Waals surface area contributed by atoms with E-state index in [0.29, 0.717) is 50.8 Å². The van der Waals surface area contributed by atoms with Gasteiger partial charge in [-0.2, -0.15) is 0 Å². The third-order valence-corrected chi connectivity index (χ3v) is 7.07. The van der Waals surface area contributed by atoms with Gasteiger partial charge in [0.05, 0.1) is 31.4 Å². The summed E-state index contributed by atoms with van der Waals surface area (Å²) in [6.07, 6.45) is 3.65. The standard InChI is InChI=1S/C31H38N2O6/c1-4-6-18-39-26-12-9-24(21-22(26)3)29(34)27-28(23-7-10-25(11-8-23)38-17-5-2)33(31(36)30(27)35)14-13-32-15-19-37-20-16-32/h5,7-12,21,28,34H,2,4,6,13-20H2,1,3H3/b29-27+. The van der Waals surface area contributed by atoms with Gasteiger partial charge in [0.1, 0.15) is 23.9 Å². The number of likely N-dealkylation sites (tertiary alicyclic amines) is 1. The van der Waals surface area contributed by atoms with Crippen molar-refractivity contribution in [1.82, 2.24) is 9.80 Å². The zero-order valence-corrected chi connectivity index (χ0v) is 22.9. The number of Topliss-reactive ketones (excluding diaryl/α,β-unsaturated/α-hetero) is 1. The highest BCUT2D eigenvalue weighted by Crippen LogP contribution is 2.40. The van der Waals surface area contributed by atoms with Crippen LogP contribution < -0.4 is 9.47 Å². The molecule has 2 aliphatic rings. The molecular weight excluding hydrogens is 496 g/mol. The van der Waals surface area contributed by atoms with Crippen LogP contribution in [0.25, 0.3) is 5.76 Å². The van der Waals surface area contributed by atoms with Crippen LogP contribution in [0.3, 0.4) is 0 Å². The number of aryl methyl sites for hydroxylation is 1. The van der Waals surface area contributed by atoms with E-state index in [1.54, 1.807) is 41.3 Å². The normalized spacial score (nSPS) is 19.3. The van der Waals surface area contributed by atoms with E-state index in [0.717, 1.165) is 42.8 Å². The molecule has 2 fully saturated rings. The molecule has 0 aromatic heterocycles. The summed E-state index contributed by atoms with van der Waals surface area (Å²) in [5.74, 6) is -0.108. The quantitative estimate of drug-likeness (QED) is 0.141. The van der Waals surface area contributed by atoms with Gasteiger partial charge in [0.15, 0.2) is 0 Å². The maximum Gasteiger partial charge on any atom is 0.295 e. The fraction of sp³-hybridized carbons (Fsp3) is 0.419. The fourth-order valence-corrected chi connectivity index (χ4v) is 4.87. The summed E-state index contributed by atoms with van der Waals surface area (Å²) in [6.45, 7) is 12.5. The minimum atomic E-state index is -0.722. The van der Waals surface area contributed by atoms with Crippen molar-refractivity contribution in [3.63, 3.8) is 0 Å². The Kier molecular flexibility index (Phi) is 9.79. The largest absolute Gasteiger partial charge is 0.507 e. The molecule has 0 spiro atoms. The van der Waals surface area contributed by atoms with Gasteiger partial charge in [-0.05, 0) is 54.8 Å². The van der Waals surface area contributed by atoms with Crippen LogP contribution in [0.1, 0.15) is 42.5 Å². The predicted molar refractivity (Wildman–Crippen MR) is 150 cm³/mol. The van der Waals surface area contributed by atoms with Crippen molar-refractivity contribution in [2.75, 3.05) is 52.6 Å². The first kappa shape index (κ1) is 28.4. The van der Waals surface area contributed by atoms with Crippen molar-refractivity contribution in [3.05, 3.63) is 77.4 Å². The number of carbonyl (C=O) groups excluding carboxylic acids is 2. The third-order valence-electron chi connectivity index (χ3n) is 7.07. The van der Waals surface area contributed by atoms with Crippen LogP contribution >= 0.6 is 0 Å². The van der Waals surface area contributed by atoms with Gasteiger partial charge in [-0.1, -0.05) is 38.1 Å². The molecule has 0 radical (unpaired) electrons. The first-order chi connectivity index (χ1) is 18.9. The van der Waals surface area contributed by atoms with Crippen LogP contribution in [-0.4, -0.2) is 79.2 Å². The maximum atomic E-state index is 13.4. The molecule has 2 aromatic rings. The van der Waals surface area contributed by atoms with Gasteiger partial charge in [0, 0.05) is 31.7 Å². The number of rotatable bonds is 12. The molecule has 2 aliphatic heterocycles. The van der Waals surface area contributed by atoms with Gasteiger partial charge < -0.3 is 24.2 Å². The zero-order chi connectivity index (χ0) is 27.8. The number of carbonyl (C=O) groups is 2. The van der Waals surface area contributed by atoms with E-state index in [-0.39, 0.29) is 11.3 Å². The van der Waals surface area contributed by atoms with Crippen molar-refractivity contribution in [2.24, 2.45) is 0 Å². The van der Waals surface area contributed by atoms with Gasteiger partial charge in [-0.25, -0.2) is 0 Å². The lowest BCUT2D eigenvalue weighted by atomic mass is 9.94. The number of benzene rings is 2. The second-order valence-corrected chi connectivity index (χ2v) is 9.80. The summed E-state index contributed by atoms with van der Waals surface area (Å²) in [4.78, 5) is 30.5.